The Morgan fingerprint density at radius 3 is 3.50 bits per heavy atom. The van der Waals surface area contributed by atoms with Gasteiger partial charge in [-0.15, -0.1) is 11.3 Å². The molecule has 1 atom stereocenters. The standard InChI is InChI=1S/C6H5ClN2S/c7-6-8-3-4-1-2-10-5(4)9-6/h1-3,6,9H. The van der Waals surface area contributed by atoms with Gasteiger partial charge in [0.15, 0.2) is 5.62 Å². The van der Waals surface area contributed by atoms with E-state index >= 15 is 0 Å². The van der Waals surface area contributed by atoms with Crippen LogP contribution in [0.25, 0.3) is 0 Å². The Kier molecular flexibility index (Phi) is 1.39. The third kappa shape index (κ3) is 0.914. The van der Waals surface area contributed by atoms with Crippen molar-refractivity contribution in [2.75, 3.05) is 5.32 Å². The number of halogens is 1. The Labute approximate surface area is 67.5 Å². The van der Waals surface area contributed by atoms with Crippen LogP contribution >= 0.6 is 22.9 Å². The lowest BCUT2D eigenvalue weighted by Crippen LogP contribution is -2.13. The average molecular weight is 173 g/mol. The molecule has 0 saturated carbocycles. The molecule has 1 N–H and O–H groups in total. The molecule has 0 aliphatic carbocycles. The highest BCUT2D eigenvalue weighted by atomic mass is 35.5. The van der Waals surface area contributed by atoms with Gasteiger partial charge in [-0.25, -0.2) is 0 Å². The summed E-state index contributed by atoms with van der Waals surface area (Å²) in [5.41, 5.74) is 0.841. The number of alkyl halides is 1. The summed E-state index contributed by atoms with van der Waals surface area (Å²) in [6.07, 6.45) is 1.79. The van der Waals surface area contributed by atoms with Gasteiger partial charge in [-0.3, -0.25) is 4.99 Å². The summed E-state index contributed by atoms with van der Waals surface area (Å²) in [5, 5.41) is 6.14. The lowest BCUT2D eigenvalue weighted by molar-refractivity contribution is 1.05. The Morgan fingerprint density at radius 1 is 1.70 bits per heavy atom. The van der Waals surface area contributed by atoms with Crippen LogP contribution in [0.3, 0.4) is 0 Å². The summed E-state index contributed by atoms with van der Waals surface area (Å²) in [6.45, 7) is 0. The van der Waals surface area contributed by atoms with E-state index in [9.17, 15) is 0 Å². The molecule has 0 amide bonds. The zero-order valence-electron chi connectivity index (χ0n) is 5.04. The number of thiophene rings is 1. The molecular weight excluding hydrogens is 168 g/mol. The van der Waals surface area contributed by atoms with Crippen molar-refractivity contribution < 1.29 is 0 Å². The van der Waals surface area contributed by atoms with E-state index in [4.69, 9.17) is 11.6 Å². The fourth-order valence-corrected chi connectivity index (χ4v) is 1.85. The molecular formula is C6H5ClN2S. The number of fused-ring (bicyclic) bond motifs is 1. The van der Waals surface area contributed by atoms with Crippen molar-refractivity contribution in [1.82, 2.24) is 0 Å². The van der Waals surface area contributed by atoms with E-state index in [1.165, 1.54) is 0 Å². The van der Waals surface area contributed by atoms with Gasteiger partial charge in [-0.1, -0.05) is 11.6 Å². The highest BCUT2D eigenvalue weighted by molar-refractivity contribution is 7.14. The lowest BCUT2D eigenvalue weighted by atomic mass is 10.3. The maximum absolute atomic E-state index is 5.70. The first-order chi connectivity index (χ1) is 4.86. The Morgan fingerprint density at radius 2 is 2.60 bits per heavy atom. The number of rotatable bonds is 0. The Balaban J connectivity index is 2.43. The van der Waals surface area contributed by atoms with Crippen molar-refractivity contribution >= 4 is 34.2 Å². The molecule has 0 radical (unpaired) electrons. The first-order valence-electron chi connectivity index (χ1n) is 2.87. The third-order valence-electron chi connectivity index (χ3n) is 1.29. The highest BCUT2D eigenvalue weighted by Gasteiger charge is 2.10. The summed E-state index contributed by atoms with van der Waals surface area (Å²) < 4.78 is 0. The van der Waals surface area contributed by atoms with Crippen LogP contribution < -0.4 is 5.32 Å². The first kappa shape index (κ1) is 6.19. The minimum atomic E-state index is -0.286. The van der Waals surface area contributed by atoms with Gasteiger partial charge in [0.2, 0.25) is 0 Å². The minimum Gasteiger partial charge on any atom is -0.342 e. The predicted molar refractivity (Wildman–Crippen MR) is 45.2 cm³/mol. The highest BCUT2D eigenvalue weighted by Crippen LogP contribution is 2.25. The maximum Gasteiger partial charge on any atom is 0.195 e. The van der Waals surface area contributed by atoms with Crippen LogP contribution in [-0.4, -0.2) is 11.8 Å². The van der Waals surface area contributed by atoms with Crippen LogP contribution in [0.1, 0.15) is 5.56 Å². The summed E-state index contributed by atoms with van der Waals surface area (Å²) >= 11 is 7.34. The molecule has 10 heavy (non-hydrogen) atoms. The van der Waals surface area contributed by atoms with Crippen LogP contribution in [-0.2, 0) is 0 Å². The predicted octanol–water partition coefficient (Wildman–Crippen LogP) is 2.11. The molecule has 0 saturated heterocycles. The largest absolute Gasteiger partial charge is 0.342 e. The molecule has 2 nitrogen and oxygen atoms in total. The molecule has 1 unspecified atom stereocenters. The minimum absolute atomic E-state index is 0.286. The zero-order chi connectivity index (χ0) is 6.97. The molecule has 1 aromatic rings. The number of hydrogen-bond acceptors (Lipinski definition) is 3. The molecule has 0 aromatic carbocycles. The first-order valence-corrected chi connectivity index (χ1v) is 4.19. The topological polar surface area (TPSA) is 24.4 Å². The number of aliphatic imine (C=N–C) groups is 1. The van der Waals surface area contributed by atoms with E-state index in [1.807, 2.05) is 11.4 Å². The molecule has 52 valence electrons. The van der Waals surface area contributed by atoms with Gasteiger partial charge >= 0.3 is 0 Å². The summed E-state index contributed by atoms with van der Waals surface area (Å²) in [7, 11) is 0. The van der Waals surface area contributed by atoms with Crippen molar-refractivity contribution in [3.8, 4) is 0 Å². The molecule has 2 heterocycles. The third-order valence-corrected chi connectivity index (χ3v) is 2.37. The number of anilines is 1. The van der Waals surface area contributed by atoms with E-state index in [-0.39, 0.29) is 5.62 Å². The van der Waals surface area contributed by atoms with Gasteiger partial charge in [-0.2, -0.15) is 0 Å². The number of nitrogens with one attached hydrogen (secondary N) is 1. The van der Waals surface area contributed by atoms with Gasteiger partial charge in [0.25, 0.3) is 0 Å². The molecule has 1 aliphatic rings. The van der Waals surface area contributed by atoms with Gasteiger partial charge < -0.3 is 5.32 Å². The van der Waals surface area contributed by atoms with Crippen LogP contribution in [0.2, 0.25) is 0 Å². The van der Waals surface area contributed by atoms with E-state index in [2.05, 4.69) is 10.3 Å². The van der Waals surface area contributed by atoms with E-state index in [0.717, 1.165) is 10.6 Å². The molecule has 2 rings (SSSR count). The van der Waals surface area contributed by atoms with Crippen molar-refractivity contribution in [1.29, 1.82) is 0 Å². The monoisotopic (exact) mass is 172 g/mol. The second-order valence-electron chi connectivity index (χ2n) is 1.96. The van der Waals surface area contributed by atoms with Crippen LogP contribution in [0, 0.1) is 0 Å². The van der Waals surface area contributed by atoms with Gasteiger partial charge in [0.05, 0.1) is 5.00 Å². The van der Waals surface area contributed by atoms with Crippen molar-refractivity contribution in [2.45, 2.75) is 5.62 Å². The fourth-order valence-electron chi connectivity index (χ4n) is 0.829. The van der Waals surface area contributed by atoms with Crippen LogP contribution in [0.5, 0.6) is 0 Å². The molecule has 1 aliphatic heterocycles. The van der Waals surface area contributed by atoms with Gasteiger partial charge in [-0.05, 0) is 11.4 Å². The van der Waals surface area contributed by atoms with Crippen molar-refractivity contribution in [3.63, 3.8) is 0 Å². The summed E-state index contributed by atoms with van der Waals surface area (Å²) in [6, 6.07) is 2.01. The summed E-state index contributed by atoms with van der Waals surface area (Å²) in [5.74, 6) is 0. The zero-order valence-corrected chi connectivity index (χ0v) is 6.62. The Hall–Kier alpha value is -0.540. The van der Waals surface area contributed by atoms with Crippen LogP contribution in [0.15, 0.2) is 16.4 Å². The van der Waals surface area contributed by atoms with E-state index in [1.54, 1.807) is 17.6 Å². The number of nitrogens with zero attached hydrogens (tertiary/aromatic N) is 1. The summed E-state index contributed by atoms with van der Waals surface area (Å²) in [4.78, 5) is 3.98. The normalized spacial score (nSPS) is 21.9. The van der Waals surface area contributed by atoms with E-state index < -0.39 is 0 Å². The lowest BCUT2D eigenvalue weighted by Gasteiger charge is -2.11. The quantitative estimate of drug-likeness (QED) is 0.471. The molecule has 4 heteroatoms. The smallest absolute Gasteiger partial charge is 0.195 e. The molecule has 0 fully saturated rings. The van der Waals surface area contributed by atoms with Crippen LogP contribution in [0.4, 0.5) is 5.00 Å². The van der Waals surface area contributed by atoms with Gasteiger partial charge in [0.1, 0.15) is 0 Å². The second kappa shape index (κ2) is 2.25. The van der Waals surface area contributed by atoms with Crippen molar-refractivity contribution in [2.24, 2.45) is 4.99 Å². The average Bonchev–Trinajstić information content (AvgIpc) is 2.33. The fraction of sp³-hybridized carbons (Fsp3) is 0.167. The van der Waals surface area contributed by atoms with Crippen molar-refractivity contribution in [3.05, 3.63) is 17.0 Å². The van der Waals surface area contributed by atoms with E-state index in [0.29, 0.717) is 0 Å². The number of hydrogen-bond donors (Lipinski definition) is 1. The molecule has 0 spiro atoms. The second-order valence-corrected chi connectivity index (χ2v) is 3.29. The maximum atomic E-state index is 5.70. The SMILES string of the molecule is ClC1N=Cc2ccsc2N1. The molecule has 0 bridgehead atoms. The Bertz CT molecular complexity index is 268. The molecule has 1 aromatic heterocycles. The van der Waals surface area contributed by atoms with Gasteiger partial charge in [0, 0.05) is 11.8 Å².